The summed E-state index contributed by atoms with van der Waals surface area (Å²) in [6.45, 7) is 7.01. The van der Waals surface area contributed by atoms with E-state index in [4.69, 9.17) is 0 Å². The van der Waals surface area contributed by atoms with Crippen molar-refractivity contribution in [3.8, 4) is 0 Å². The third-order valence-corrected chi connectivity index (χ3v) is 3.59. The maximum absolute atomic E-state index is 11.4. The molecule has 0 bridgehead atoms. The summed E-state index contributed by atoms with van der Waals surface area (Å²) in [5.74, 6) is 0.626. The summed E-state index contributed by atoms with van der Waals surface area (Å²) < 4.78 is 0. The SMILES string of the molecule is CCc1ccc(CN2CCC(=O)C(C)C2)cc1. The minimum Gasteiger partial charge on any atom is -0.299 e. The molecule has 0 aromatic heterocycles. The summed E-state index contributed by atoms with van der Waals surface area (Å²) in [5, 5.41) is 0. The molecule has 0 amide bonds. The summed E-state index contributed by atoms with van der Waals surface area (Å²) in [7, 11) is 0. The normalized spacial score (nSPS) is 21.8. The van der Waals surface area contributed by atoms with Crippen molar-refractivity contribution in [2.45, 2.75) is 33.2 Å². The Hall–Kier alpha value is -1.15. The van der Waals surface area contributed by atoms with Crippen molar-refractivity contribution in [2.75, 3.05) is 13.1 Å². The number of ketones is 1. The minimum absolute atomic E-state index is 0.207. The average Bonchev–Trinajstić information content (AvgIpc) is 2.35. The second-order valence-electron chi connectivity index (χ2n) is 5.02. The fourth-order valence-corrected chi connectivity index (χ4v) is 2.38. The molecular formula is C15H21NO. The van der Waals surface area contributed by atoms with E-state index in [1.165, 1.54) is 11.1 Å². The number of nitrogens with zero attached hydrogens (tertiary/aromatic N) is 1. The number of hydrogen-bond acceptors (Lipinski definition) is 2. The molecule has 1 aliphatic heterocycles. The number of piperidine rings is 1. The molecule has 92 valence electrons. The van der Waals surface area contributed by atoms with Crippen LogP contribution in [0.15, 0.2) is 24.3 Å². The predicted molar refractivity (Wildman–Crippen MR) is 69.9 cm³/mol. The van der Waals surface area contributed by atoms with Crippen LogP contribution in [0.1, 0.15) is 31.4 Å². The smallest absolute Gasteiger partial charge is 0.138 e. The first-order chi connectivity index (χ1) is 8.19. The van der Waals surface area contributed by atoms with Crippen LogP contribution >= 0.6 is 0 Å². The molecular weight excluding hydrogens is 210 g/mol. The molecule has 1 heterocycles. The Balaban J connectivity index is 1.94. The number of hydrogen-bond donors (Lipinski definition) is 0. The van der Waals surface area contributed by atoms with Crippen molar-refractivity contribution in [1.82, 2.24) is 4.90 Å². The van der Waals surface area contributed by atoms with Crippen LogP contribution in [0.25, 0.3) is 0 Å². The van der Waals surface area contributed by atoms with Crippen molar-refractivity contribution in [3.63, 3.8) is 0 Å². The van der Waals surface area contributed by atoms with Gasteiger partial charge in [-0.2, -0.15) is 0 Å². The van der Waals surface area contributed by atoms with Gasteiger partial charge in [0.2, 0.25) is 0 Å². The van der Waals surface area contributed by atoms with Gasteiger partial charge in [0.05, 0.1) is 0 Å². The minimum atomic E-state index is 0.207. The van der Waals surface area contributed by atoms with Gasteiger partial charge < -0.3 is 0 Å². The van der Waals surface area contributed by atoms with Gasteiger partial charge in [-0.3, -0.25) is 9.69 Å². The van der Waals surface area contributed by atoms with Gasteiger partial charge in [-0.25, -0.2) is 0 Å². The Labute approximate surface area is 104 Å². The van der Waals surface area contributed by atoms with Crippen molar-refractivity contribution in [3.05, 3.63) is 35.4 Å². The summed E-state index contributed by atoms with van der Waals surface area (Å²) in [5.41, 5.74) is 2.74. The van der Waals surface area contributed by atoms with Gasteiger partial charge in [-0.05, 0) is 17.5 Å². The molecule has 1 aromatic carbocycles. The van der Waals surface area contributed by atoms with Crippen LogP contribution in [-0.4, -0.2) is 23.8 Å². The van der Waals surface area contributed by atoms with Gasteiger partial charge in [0.15, 0.2) is 0 Å². The molecule has 1 fully saturated rings. The zero-order valence-corrected chi connectivity index (χ0v) is 10.8. The summed E-state index contributed by atoms with van der Waals surface area (Å²) in [6, 6.07) is 8.82. The van der Waals surface area contributed by atoms with Gasteiger partial charge in [0.1, 0.15) is 5.78 Å². The van der Waals surface area contributed by atoms with Gasteiger partial charge in [-0.15, -0.1) is 0 Å². The second kappa shape index (κ2) is 5.46. The molecule has 0 saturated carbocycles. The van der Waals surface area contributed by atoms with Crippen LogP contribution in [0.4, 0.5) is 0 Å². The van der Waals surface area contributed by atoms with Crippen LogP contribution < -0.4 is 0 Å². The maximum Gasteiger partial charge on any atom is 0.138 e. The van der Waals surface area contributed by atoms with Crippen LogP contribution in [0, 0.1) is 5.92 Å². The van der Waals surface area contributed by atoms with Crippen molar-refractivity contribution >= 4 is 5.78 Å². The second-order valence-corrected chi connectivity index (χ2v) is 5.02. The van der Waals surface area contributed by atoms with Crippen molar-refractivity contribution in [1.29, 1.82) is 0 Å². The third-order valence-electron chi connectivity index (χ3n) is 3.59. The topological polar surface area (TPSA) is 20.3 Å². The molecule has 17 heavy (non-hydrogen) atoms. The Morgan fingerprint density at radius 3 is 2.47 bits per heavy atom. The van der Waals surface area contributed by atoms with Crippen LogP contribution in [0.2, 0.25) is 0 Å². The molecule has 0 spiro atoms. The summed E-state index contributed by atoms with van der Waals surface area (Å²) in [4.78, 5) is 13.8. The molecule has 1 aliphatic rings. The molecule has 2 rings (SSSR count). The van der Waals surface area contributed by atoms with E-state index in [-0.39, 0.29) is 5.92 Å². The Morgan fingerprint density at radius 2 is 1.88 bits per heavy atom. The highest BCUT2D eigenvalue weighted by molar-refractivity contribution is 5.81. The number of benzene rings is 1. The van der Waals surface area contributed by atoms with E-state index in [1.807, 2.05) is 6.92 Å². The number of Topliss-reactive ketones (excluding diaryl/α,β-unsaturated/α-hetero) is 1. The van der Waals surface area contributed by atoms with E-state index in [0.717, 1.165) is 26.1 Å². The van der Waals surface area contributed by atoms with E-state index < -0.39 is 0 Å². The number of aryl methyl sites for hydroxylation is 1. The number of likely N-dealkylation sites (tertiary alicyclic amines) is 1. The fourth-order valence-electron chi connectivity index (χ4n) is 2.38. The number of rotatable bonds is 3. The lowest BCUT2D eigenvalue weighted by molar-refractivity contribution is -0.125. The molecule has 0 aliphatic carbocycles. The lowest BCUT2D eigenvalue weighted by Gasteiger charge is -2.29. The first-order valence-corrected chi connectivity index (χ1v) is 6.52. The van der Waals surface area contributed by atoms with Crippen LogP contribution in [-0.2, 0) is 17.8 Å². The van der Waals surface area contributed by atoms with Crippen molar-refractivity contribution < 1.29 is 4.79 Å². The van der Waals surface area contributed by atoms with Crippen LogP contribution in [0.3, 0.4) is 0 Å². The lowest BCUT2D eigenvalue weighted by Crippen LogP contribution is -2.38. The zero-order chi connectivity index (χ0) is 12.3. The van der Waals surface area contributed by atoms with E-state index in [2.05, 4.69) is 36.1 Å². The Morgan fingerprint density at radius 1 is 1.24 bits per heavy atom. The van der Waals surface area contributed by atoms with E-state index in [0.29, 0.717) is 12.2 Å². The van der Waals surface area contributed by atoms with E-state index in [1.54, 1.807) is 0 Å². The molecule has 0 N–H and O–H groups in total. The third kappa shape index (κ3) is 3.16. The van der Waals surface area contributed by atoms with Gasteiger partial charge >= 0.3 is 0 Å². The quantitative estimate of drug-likeness (QED) is 0.797. The first-order valence-electron chi connectivity index (χ1n) is 6.52. The fraction of sp³-hybridized carbons (Fsp3) is 0.533. The molecule has 1 unspecified atom stereocenters. The number of carbonyl (C=O) groups excluding carboxylic acids is 1. The Bertz CT molecular complexity index is 382. The van der Waals surface area contributed by atoms with E-state index in [9.17, 15) is 4.79 Å². The zero-order valence-electron chi connectivity index (χ0n) is 10.8. The van der Waals surface area contributed by atoms with Gasteiger partial charge in [0, 0.05) is 32.0 Å². The first kappa shape index (κ1) is 12.3. The summed E-state index contributed by atoms with van der Waals surface area (Å²) in [6.07, 6.45) is 1.81. The molecule has 2 heteroatoms. The largest absolute Gasteiger partial charge is 0.299 e. The Kier molecular flexibility index (Phi) is 3.95. The van der Waals surface area contributed by atoms with Gasteiger partial charge in [0.25, 0.3) is 0 Å². The lowest BCUT2D eigenvalue weighted by atomic mass is 9.98. The average molecular weight is 231 g/mol. The molecule has 1 atom stereocenters. The highest BCUT2D eigenvalue weighted by atomic mass is 16.1. The highest BCUT2D eigenvalue weighted by Crippen LogP contribution is 2.15. The highest BCUT2D eigenvalue weighted by Gasteiger charge is 2.23. The predicted octanol–water partition coefficient (Wildman–Crippen LogP) is 2.66. The van der Waals surface area contributed by atoms with Crippen LogP contribution in [0.5, 0.6) is 0 Å². The molecule has 0 radical (unpaired) electrons. The molecule has 1 aromatic rings. The maximum atomic E-state index is 11.4. The standard InChI is InChI=1S/C15H21NO/c1-3-13-4-6-14(7-5-13)11-16-9-8-15(17)12(2)10-16/h4-7,12H,3,8-11H2,1-2H3. The number of carbonyl (C=O) groups is 1. The monoisotopic (exact) mass is 231 g/mol. The van der Waals surface area contributed by atoms with Gasteiger partial charge in [-0.1, -0.05) is 38.1 Å². The molecule has 2 nitrogen and oxygen atoms in total. The molecule has 1 saturated heterocycles. The van der Waals surface area contributed by atoms with E-state index >= 15 is 0 Å². The van der Waals surface area contributed by atoms with Crippen molar-refractivity contribution in [2.24, 2.45) is 5.92 Å². The summed E-state index contributed by atoms with van der Waals surface area (Å²) >= 11 is 0.